The fourth-order valence-corrected chi connectivity index (χ4v) is 3.50. The van der Waals surface area contributed by atoms with Crippen molar-refractivity contribution in [2.24, 2.45) is 0 Å². The average Bonchev–Trinajstić information content (AvgIpc) is 3.13. The summed E-state index contributed by atoms with van der Waals surface area (Å²) in [5.41, 5.74) is 4.94. The molecule has 5 heteroatoms. The maximum Gasteiger partial charge on any atom is 0.262 e. The van der Waals surface area contributed by atoms with Crippen LogP contribution in [0.3, 0.4) is 0 Å². The predicted octanol–water partition coefficient (Wildman–Crippen LogP) is 4.52. The third kappa shape index (κ3) is 3.93. The van der Waals surface area contributed by atoms with Gasteiger partial charge in [-0.25, -0.2) is 4.98 Å². The molecule has 0 bridgehead atoms. The Morgan fingerprint density at radius 2 is 2.00 bits per heavy atom. The highest BCUT2D eigenvalue weighted by atomic mass is 16.5. The van der Waals surface area contributed by atoms with Crippen LogP contribution in [0.1, 0.15) is 29.8 Å². The zero-order valence-electron chi connectivity index (χ0n) is 16.4. The maximum absolute atomic E-state index is 12.5. The lowest BCUT2D eigenvalue weighted by molar-refractivity contribution is -0.118. The van der Waals surface area contributed by atoms with Gasteiger partial charge in [-0.05, 0) is 56.0 Å². The lowest BCUT2D eigenvalue weighted by Crippen LogP contribution is -2.20. The van der Waals surface area contributed by atoms with E-state index in [4.69, 9.17) is 9.72 Å². The molecule has 0 unspecified atom stereocenters. The standard InChI is InChI=1S/C23H25N3O2/c1-16-10-11-18(13-17(16)2)28-15-23(27)25-20-8-4-3-7-19(20)21-14-26-12-6-5-9-22(26)24-21/h3-4,7-8,10-11,13-14H,5-6,9,12,15H2,1-2H3,(H,25,27). The van der Waals surface area contributed by atoms with Crippen LogP contribution < -0.4 is 10.1 Å². The monoisotopic (exact) mass is 375 g/mol. The van der Waals surface area contributed by atoms with E-state index >= 15 is 0 Å². The predicted molar refractivity (Wildman–Crippen MR) is 111 cm³/mol. The van der Waals surface area contributed by atoms with Crippen LogP contribution in [0.2, 0.25) is 0 Å². The molecule has 0 aliphatic carbocycles. The van der Waals surface area contributed by atoms with E-state index < -0.39 is 0 Å². The van der Waals surface area contributed by atoms with Gasteiger partial charge in [-0.2, -0.15) is 0 Å². The van der Waals surface area contributed by atoms with Crippen LogP contribution in [0, 0.1) is 13.8 Å². The van der Waals surface area contributed by atoms with E-state index in [0.29, 0.717) is 5.75 Å². The number of aryl methyl sites for hydroxylation is 4. The number of imidazole rings is 1. The van der Waals surface area contributed by atoms with E-state index in [9.17, 15) is 4.79 Å². The smallest absolute Gasteiger partial charge is 0.262 e. The van der Waals surface area contributed by atoms with Gasteiger partial charge in [0.25, 0.3) is 5.91 Å². The lowest BCUT2D eigenvalue weighted by Gasteiger charge is -2.11. The Labute approximate surface area is 165 Å². The van der Waals surface area contributed by atoms with Crippen molar-refractivity contribution in [2.75, 3.05) is 11.9 Å². The van der Waals surface area contributed by atoms with Gasteiger partial charge in [0.2, 0.25) is 0 Å². The van der Waals surface area contributed by atoms with Crippen LogP contribution in [0.15, 0.2) is 48.7 Å². The molecule has 144 valence electrons. The van der Waals surface area contributed by atoms with Gasteiger partial charge in [-0.1, -0.05) is 24.3 Å². The van der Waals surface area contributed by atoms with Crippen molar-refractivity contribution in [1.82, 2.24) is 9.55 Å². The molecule has 28 heavy (non-hydrogen) atoms. The number of nitrogens with zero attached hydrogens (tertiary/aromatic N) is 2. The normalized spacial score (nSPS) is 13.1. The Balaban J connectivity index is 1.46. The number of fused-ring (bicyclic) bond motifs is 1. The van der Waals surface area contributed by atoms with Crippen LogP contribution in [-0.2, 0) is 17.8 Å². The van der Waals surface area contributed by atoms with Crippen LogP contribution >= 0.6 is 0 Å². The van der Waals surface area contributed by atoms with Gasteiger partial charge >= 0.3 is 0 Å². The zero-order valence-corrected chi connectivity index (χ0v) is 16.4. The highest BCUT2D eigenvalue weighted by molar-refractivity contribution is 5.95. The van der Waals surface area contributed by atoms with Gasteiger partial charge in [0.05, 0.1) is 11.4 Å². The number of rotatable bonds is 5. The number of ether oxygens (including phenoxy) is 1. The minimum absolute atomic E-state index is 0.0312. The third-order valence-corrected chi connectivity index (χ3v) is 5.23. The number of nitrogens with one attached hydrogen (secondary N) is 1. The van der Waals surface area contributed by atoms with Crippen LogP contribution in [0.25, 0.3) is 11.3 Å². The maximum atomic E-state index is 12.5. The van der Waals surface area contributed by atoms with E-state index in [1.54, 1.807) is 0 Å². The molecular formula is C23H25N3O2. The molecule has 4 rings (SSSR count). The molecular weight excluding hydrogens is 350 g/mol. The van der Waals surface area contributed by atoms with Gasteiger partial charge < -0.3 is 14.6 Å². The number of carbonyl (C=O) groups excluding carboxylic acids is 1. The minimum Gasteiger partial charge on any atom is -0.484 e. The molecule has 0 saturated heterocycles. The van der Waals surface area contributed by atoms with Crippen molar-refractivity contribution in [1.29, 1.82) is 0 Å². The summed E-state index contributed by atoms with van der Waals surface area (Å²) in [6.45, 7) is 5.07. The van der Waals surface area contributed by atoms with E-state index in [-0.39, 0.29) is 12.5 Å². The van der Waals surface area contributed by atoms with Crippen molar-refractivity contribution in [3.63, 3.8) is 0 Å². The summed E-state index contributed by atoms with van der Waals surface area (Å²) in [5, 5.41) is 2.97. The van der Waals surface area contributed by atoms with E-state index in [2.05, 4.69) is 23.0 Å². The van der Waals surface area contributed by atoms with Gasteiger partial charge in [-0.3, -0.25) is 4.79 Å². The summed E-state index contributed by atoms with van der Waals surface area (Å²) in [7, 11) is 0. The van der Waals surface area contributed by atoms with Crippen molar-refractivity contribution >= 4 is 11.6 Å². The molecule has 2 aromatic carbocycles. The molecule has 1 amide bonds. The minimum atomic E-state index is -0.186. The molecule has 0 spiro atoms. The summed E-state index contributed by atoms with van der Waals surface area (Å²) in [6, 6.07) is 13.6. The number of aromatic nitrogens is 2. The fraction of sp³-hybridized carbons (Fsp3) is 0.304. The van der Waals surface area contributed by atoms with Crippen molar-refractivity contribution in [3.05, 3.63) is 65.6 Å². The number of para-hydroxylation sites is 1. The summed E-state index contributed by atoms with van der Waals surface area (Å²) in [5.74, 6) is 1.64. The van der Waals surface area contributed by atoms with Gasteiger partial charge in [0, 0.05) is 24.7 Å². The molecule has 0 radical (unpaired) electrons. The second-order valence-electron chi connectivity index (χ2n) is 7.32. The Morgan fingerprint density at radius 3 is 2.82 bits per heavy atom. The molecule has 0 fully saturated rings. The Bertz CT molecular complexity index is 983. The molecule has 3 aromatic rings. The van der Waals surface area contributed by atoms with Crippen LogP contribution in [-0.4, -0.2) is 22.1 Å². The molecule has 2 heterocycles. The largest absolute Gasteiger partial charge is 0.484 e. The topological polar surface area (TPSA) is 56.1 Å². The summed E-state index contributed by atoms with van der Waals surface area (Å²) in [4.78, 5) is 17.2. The number of hydrogen-bond acceptors (Lipinski definition) is 3. The first kappa shape index (κ1) is 18.3. The molecule has 0 saturated carbocycles. The van der Waals surface area contributed by atoms with Crippen molar-refractivity contribution in [3.8, 4) is 17.0 Å². The first-order valence-electron chi connectivity index (χ1n) is 9.75. The van der Waals surface area contributed by atoms with Gasteiger partial charge in [0.1, 0.15) is 11.6 Å². The van der Waals surface area contributed by atoms with Crippen molar-refractivity contribution in [2.45, 2.75) is 39.7 Å². The highest BCUT2D eigenvalue weighted by Crippen LogP contribution is 2.29. The average molecular weight is 375 g/mol. The van der Waals surface area contributed by atoms with E-state index in [1.807, 2.05) is 49.4 Å². The summed E-state index contributed by atoms with van der Waals surface area (Å²) < 4.78 is 7.88. The Hall–Kier alpha value is -3.08. The number of anilines is 1. The summed E-state index contributed by atoms with van der Waals surface area (Å²) >= 11 is 0. The Kier molecular flexibility index (Phi) is 5.15. The highest BCUT2D eigenvalue weighted by Gasteiger charge is 2.16. The zero-order chi connectivity index (χ0) is 19.5. The number of benzene rings is 2. The quantitative estimate of drug-likeness (QED) is 0.713. The van der Waals surface area contributed by atoms with E-state index in [0.717, 1.165) is 41.3 Å². The lowest BCUT2D eigenvalue weighted by atomic mass is 10.1. The number of hydrogen-bond donors (Lipinski definition) is 1. The number of amides is 1. The van der Waals surface area contributed by atoms with Crippen LogP contribution in [0.4, 0.5) is 5.69 Å². The SMILES string of the molecule is Cc1ccc(OCC(=O)Nc2ccccc2-c2cn3c(n2)CCCC3)cc1C. The number of carbonyl (C=O) groups is 1. The van der Waals surface area contributed by atoms with Crippen LogP contribution in [0.5, 0.6) is 5.75 Å². The third-order valence-electron chi connectivity index (χ3n) is 5.23. The molecule has 1 aliphatic rings. The fourth-order valence-electron chi connectivity index (χ4n) is 3.50. The van der Waals surface area contributed by atoms with E-state index in [1.165, 1.54) is 18.4 Å². The summed E-state index contributed by atoms with van der Waals surface area (Å²) in [6.07, 6.45) is 5.48. The second kappa shape index (κ2) is 7.89. The van der Waals surface area contributed by atoms with Gasteiger partial charge in [-0.15, -0.1) is 0 Å². The van der Waals surface area contributed by atoms with Gasteiger partial charge in [0.15, 0.2) is 6.61 Å². The molecule has 1 N–H and O–H groups in total. The molecule has 5 nitrogen and oxygen atoms in total. The first-order chi connectivity index (χ1) is 13.6. The molecule has 1 aliphatic heterocycles. The first-order valence-corrected chi connectivity index (χ1v) is 9.75. The van der Waals surface area contributed by atoms with Crippen molar-refractivity contribution < 1.29 is 9.53 Å². The molecule has 1 aromatic heterocycles. The molecule has 0 atom stereocenters. The second-order valence-corrected chi connectivity index (χ2v) is 7.32. The Morgan fingerprint density at radius 1 is 1.14 bits per heavy atom.